The smallest absolute Gasteiger partial charge is 0.306 e. The number of aromatic nitrogens is 2. The molecule has 1 aliphatic carbocycles. The molecule has 1 atom stereocenters. The van der Waals surface area contributed by atoms with Crippen LogP contribution in [0.3, 0.4) is 0 Å². The van der Waals surface area contributed by atoms with Crippen LogP contribution in [0.5, 0.6) is 0 Å². The van der Waals surface area contributed by atoms with Crippen molar-refractivity contribution in [2.45, 2.75) is 50.8 Å². The Bertz CT molecular complexity index is 415. The van der Waals surface area contributed by atoms with E-state index in [0.717, 1.165) is 0 Å². The Morgan fingerprint density at radius 2 is 2.26 bits per heavy atom. The van der Waals surface area contributed by atoms with Crippen LogP contribution in [0.2, 0.25) is 0 Å². The SMILES string of the molecule is O=[N+]([O-])c1cnn(CC(O)CNC2CCCCC2)c1. The van der Waals surface area contributed by atoms with Crippen molar-refractivity contribution in [3.05, 3.63) is 22.5 Å². The number of aliphatic hydroxyl groups excluding tert-OH is 1. The van der Waals surface area contributed by atoms with Gasteiger partial charge in [0.2, 0.25) is 0 Å². The van der Waals surface area contributed by atoms with E-state index in [2.05, 4.69) is 10.4 Å². The third-order valence-electron chi connectivity index (χ3n) is 3.48. The van der Waals surface area contributed by atoms with Gasteiger partial charge in [0, 0.05) is 12.6 Å². The normalized spacial score (nSPS) is 18.4. The summed E-state index contributed by atoms with van der Waals surface area (Å²) in [5.41, 5.74) is -0.0487. The molecule has 1 aromatic heterocycles. The van der Waals surface area contributed by atoms with Crippen molar-refractivity contribution in [2.75, 3.05) is 6.54 Å². The Morgan fingerprint density at radius 3 is 2.89 bits per heavy atom. The van der Waals surface area contributed by atoms with Gasteiger partial charge in [0.05, 0.1) is 17.6 Å². The highest BCUT2D eigenvalue weighted by Crippen LogP contribution is 2.17. The van der Waals surface area contributed by atoms with Crippen LogP contribution in [0.4, 0.5) is 5.69 Å². The van der Waals surface area contributed by atoms with E-state index in [4.69, 9.17) is 0 Å². The minimum atomic E-state index is -0.582. The molecule has 106 valence electrons. The molecule has 1 unspecified atom stereocenters. The molecule has 7 nitrogen and oxygen atoms in total. The van der Waals surface area contributed by atoms with Crippen molar-refractivity contribution in [1.29, 1.82) is 0 Å². The number of rotatable bonds is 6. The molecule has 2 rings (SSSR count). The number of nitrogens with one attached hydrogen (secondary N) is 1. The predicted molar refractivity (Wildman–Crippen MR) is 69.8 cm³/mol. The van der Waals surface area contributed by atoms with Gasteiger partial charge in [-0.25, -0.2) is 0 Å². The fourth-order valence-corrected chi connectivity index (χ4v) is 2.44. The van der Waals surface area contributed by atoms with Crippen molar-refractivity contribution in [2.24, 2.45) is 0 Å². The molecule has 0 aromatic carbocycles. The van der Waals surface area contributed by atoms with Crippen LogP contribution in [-0.4, -0.2) is 38.5 Å². The molecular formula is C12H20N4O3. The van der Waals surface area contributed by atoms with Gasteiger partial charge in [0.15, 0.2) is 0 Å². The molecule has 1 fully saturated rings. The van der Waals surface area contributed by atoms with Crippen LogP contribution in [0.15, 0.2) is 12.4 Å². The summed E-state index contributed by atoms with van der Waals surface area (Å²) in [6.45, 7) is 0.770. The van der Waals surface area contributed by atoms with Gasteiger partial charge in [0.1, 0.15) is 12.4 Å². The zero-order valence-corrected chi connectivity index (χ0v) is 10.9. The van der Waals surface area contributed by atoms with E-state index < -0.39 is 11.0 Å². The first-order valence-corrected chi connectivity index (χ1v) is 6.73. The zero-order chi connectivity index (χ0) is 13.7. The van der Waals surface area contributed by atoms with Gasteiger partial charge < -0.3 is 10.4 Å². The number of hydrogen-bond donors (Lipinski definition) is 2. The summed E-state index contributed by atoms with van der Waals surface area (Å²) in [4.78, 5) is 10.0. The summed E-state index contributed by atoms with van der Waals surface area (Å²) in [6, 6.07) is 0.496. The molecule has 7 heteroatoms. The molecule has 2 N–H and O–H groups in total. The molecule has 0 aliphatic heterocycles. The maximum Gasteiger partial charge on any atom is 0.306 e. The van der Waals surface area contributed by atoms with Gasteiger partial charge in [-0.05, 0) is 12.8 Å². The monoisotopic (exact) mass is 268 g/mol. The molecule has 0 saturated heterocycles. The fourth-order valence-electron chi connectivity index (χ4n) is 2.44. The summed E-state index contributed by atoms with van der Waals surface area (Å²) < 4.78 is 1.41. The summed E-state index contributed by atoms with van der Waals surface area (Å²) >= 11 is 0. The lowest BCUT2D eigenvalue weighted by Crippen LogP contribution is -2.38. The van der Waals surface area contributed by atoms with Crippen molar-refractivity contribution in [1.82, 2.24) is 15.1 Å². The van der Waals surface area contributed by atoms with E-state index in [1.54, 1.807) is 0 Å². The van der Waals surface area contributed by atoms with Gasteiger partial charge in [-0.15, -0.1) is 0 Å². The first kappa shape index (κ1) is 14.0. The highest BCUT2D eigenvalue weighted by molar-refractivity contribution is 5.20. The molecule has 1 aliphatic rings. The first-order chi connectivity index (χ1) is 9.15. The molecular weight excluding hydrogens is 248 g/mol. The van der Waals surface area contributed by atoms with E-state index in [1.807, 2.05) is 0 Å². The third kappa shape index (κ3) is 4.29. The molecule has 0 spiro atoms. The van der Waals surface area contributed by atoms with E-state index in [9.17, 15) is 15.2 Å². The van der Waals surface area contributed by atoms with E-state index in [1.165, 1.54) is 49.2 Å². The summed E-state index contributed by atoms with van der Waals surface area (Å²) in [5, 5.41) is 27.6. The average molecular weight is 268 g/mol. The van der Waals surface area contributed by atoms with Gasteiger partial charge in [-0.2, -0.15) is 5.10 Å². The Labute approximate surface area is 111 Å². The molecule has 1 heterocycles. The Balaban J connectivity index is 1.73. The second kappa shape index (κ2) is 6.63. The van der Waals surface area contributed by atoms with Crippen LogP contribution in [0.1, 0.15) is 32.1 Å². The summed E-state index contributed by atoms with van der Waals surface area (Å²) in [5.74, 6) is 0. The number of nitrogens with zero attached hydrogens (tertiary/aromatic N) is 3. The lowest BCUT2D eigenvalue weighted by atomic mass is 9.95. The maximum atomic E-state index is 10.5. The summed E-state index contributed by atoms with van der Waals surface area (Å²) in [6.07, 6.45) is 8.09. The Kier molecular flexibility index (Phi) is 4.86. The fraction of sp³-hybridized carbons (Fsp3) is 0.750. The molecule has 0 radical (unpaired) electrons. The highest BCUT2D eigenvalue weighted by Gasteiger charge is 2.15. The topological polar surface area (TPSA) is 93.2 Å². The lowest BCUT2D eigenvalue weighted by Gasteiger charge is -2.24. The van der Waals surface area contributed by atoms with Gasteiger partial charge in [0.25, 0.3) is 0 Å². The second-order valence-corrected chi connectivity index (χ2v) is 5.07. The number of aliphatic hydroxyl groups is 1. The second-order valence-electron chi connectivity index (χ2n) is 5.07. The van der Waals surface area contributed by atoms with Crippen LogP contribution >= 0.6 is 0 Å². The molecule has 0 amide bonds. The number of nitro groups is 1. The summed E-state index contributed by atoms with van der Waals surface area (Å²) in [7, 11) is 0. The molecule has 1 aromatic rings. The van der Waals surface area contributed by atoms with Crippen molar-refractivity contribution in [3.8, 4) is 0 Å². The van der Waals surface area contributed by atoms with Gasteiger partial charge >= 0.3 is 5.69 Å². The predicted octanol–water partition coefficient (Wildman–Crippen LogP) is 1.07. The third-order valence-corrected chi connectivity index (χ3v) is 3.48. The Morgan fingerprint density at radius 1 is 1.53 bits per heavy atom. The highest BCUT2D eigenvalue weighted by atomic mass is 16.6. The van der Waals surface area contributed by atoms with Crippen LogP contribution in [0.25, 0.3) is 0 Å². The zero-order valence-electron chi connectivity index (χ0n) is 10.9. The van der Waals surface area contributed by atoms with E-state index >= 15 is 0 Å². The molecule has 19 heavy (non-hydrogen) atoms. The van der Waals surface area contributed by atoms with E-state index in [-0.39, 0.29) is 12.2 Å². The first-order valence-electron chi connectivity index (χ1n) is 6.73. The van der Waals surface area contributed by atoms with Crippen LogP contribution in [-0.2, 0) is 6.54 Å². The van der Waals surface area contributed by atoms with Gasteiger partial charge in [-0.1, -0.05) is 19.3 Å². The maximum absolute atomic E-state index is 10.5. The molecule has 1 saturated carbocycles. The minimum Gasteiger partial charge on any atom is -0.390 e. The Hall–Kier alpha value is -1.47. The number of hydrogen-bond acceptors (Lipinski definition) is 5. The standard InChI is InChI=1S/C12H20N4O3/c17-12(7-13-10-4-2-1-3-5-10)9-15-8-11(6-14-15)16(18)19/h6,8,10,12-13,17H,1-5,7,9H2. The molecule has 0 bridgehead atoms. The van der Waals surface area contributed by atoms with Crippen molar-refractivity contribution >= 4 is 5.69 Å². The largest absolute Gasteiger partial charge is 0.390 e. The minimum absolute atomic E-state index is 0.0487. The average Bonchev–Trinajstić information content (AvgIpc) is 2.86. The lowest BCUT2D eigenvalue weighted by molar-refractivity contribution is -0.385. The van der Waals surface area contributed by atoms with Crippen LogP contribution in [0, 0.1) is 10.1 Å². The van der Waals surface area contributed by atoms with Crippen LogP contribution < -0.4 is 5.32 Å². The quantitative estimate of drug-likeness (QED) is 0.594. The van der Waals surface area contributed by atoms with Crippen molar-refractivity contribution < 1.29 is 10.0 Å². The van der Waals surface area contributed by atoms with Gasteiger partial charge in [-0.3, -0.25) is 14.8 Å². The van der Waals surface area contributed by atoms with E-state index in [0.29, 0.717) is 12.6 Å². The van der Waals surface area contributed by atoms with Crippen molar-refractivity contribution in [3.63, 3.8) is 0 Å².